The standard InChI is InChI=1S/C19H17N3/c1-15-7-9-16(10-8-15)11-12-19-21-17-5-2-3-6-18(17)22(19)14-4-13-20/h2-3,5-12H,4,14H2,1H3/b12-11+. The molecule has 0 N–H and O–H groups in total. The maximum atomic E-state index is 8.86. The lowest BCUT2D eigenvalue weighted by Gasteiger charge is -2.03. The summed E-state index contributed by atoms with van der Waals surface area (Å²) in [5.74, 6) is 0.886. The Bertz CT molecular complexity index is 849. The Balaban J connectivity index is 1.98. The molecule has 0 bridgehead atoms. The van der Waals surface area contributed by atoms with Crippen LogP contribution in [0.2, 0.25) is 0 Å². The second kappa shape index (κ2) is 6.28. The molecule has 0 unspecified atom stereocenters. The highest BCUT2D eigenvalue weighted by atomic mass is 15.1. The van der Waals surface area contributed by atoms with Crippen molar-refractivity contribution in [3.63, 3.8) is 0 Å². The van der Waals surface area contributed by atoms with Gasteiger partial charge in [0.1, 0.15) is 5.82 Å². The van der Waals surface area contributed by atoms with Gasteiger partial charge in [-0.25, -0.2) is 4.98 Å². The molecule has 0 radical (unpaired) electrons. The van der Waals surface area contributed by atoms with Crippen LogP contribution in [0.3, 0.4) is 0 Å². The van der Waals surface area contributed by atoms with E-state index in [0.717, 1.165) is 22.4 Å². The first kappa shape index (κ1) is 14.1. The lowest BCUT2D eigenvalue weighted by Crippen LogP contribution is -1.99. The Morgan fingerprint density at radius 3 is 2.64 bits per heavy atom. The van der Waals surface area contributed by atoms with Crippen molar-refractivity contribution in [2.75, 3.05) is 0 Å². The highest BCUT2D eigenvalue weighted by Crippen LogP contribution is 2.18. The molecule has 0 saturated carbocycles. The minimum atomic E-state index is 0.478. The van der Waals surface area contributed by atoms with Crippen molar-refractivity contribution in [3.05, 3.63) is 65.5 Å². The Labute approximate surface area is 130 Å². The zero-order chi connectivity index (χ0) is 15.4. The van der Waals surface area contributed by atoms with E-state index in [1.807, 2.05) is 30.3 Å². The van der Waals surface area contributed by atoms with Crippen molar-refractivity contribution in [2.24, 2.45) is 0 Å². The summed E-state index contributed by atoms with van der Waals surface area (Å²) in [5.41, 5.74) is 4.42. The van der Waals surface area contributed by atoms with E-state index in [0.29, 0.717) is 13.0 Å². The predicted molar refractivity (Wildman–Crippen MR) is 90.1 cm³/mol. The van der Waals surface area contributed by atoms with Crippen LogP contribution in [0.1, 0.15) is 23.4 Å². The lowest BCUT2D eigenvalue weighted by atomic mass is 10.1. The molecule has 0 spiro atoms. The second-order valence-electron chi connectivity index (χ2n) is 5.26. The van der Waals surface area contributed by atoms with E-state index in [9.17, 15) is 0 Å². The molecule has 1 heterocycles. The maximum absolute atomic E-state index is 8.86. The van der Waals surface area contributed by atoms with E-state index in [4.69, 9.17) is 5.26 Å². The first-order chi connectivity index (χ1) is 10.8. The molecule has 0 saturated heterocycles. The van der Waals surface area contributed by atoms with Gasteiger partial charge in [0.25, 0.3) is 0 Å². The number of nitrogens with zero attached hydrogens (tertiary/aromatic N) is 3. The first-order valence-corrected chi connectivity index (χ1v) is 7.35. The molecule has 3 nitrogen and oxygen atoms in total. The van der Waals surface area contributed by atoms with E-state index in [1.54, 1.807) is 0 Å². The van der Waals surface area contributed by atoms with Crippen LogP contribution in [-0.4, -0.2) is 9.55 Å². The van der Waals surface area contributed by atoms with Crippen LogP contribution < -0.4 is 0 Å². The summed E-state index contributed by atoms with van der Waals surface area (Å²) in [5, 5.41) is 8.86. The number of benzene rings is 2. The van der Waals surface area contributed by atoms with E-state index in [2.05, 4.69) is 52.9 Å². The molecule has 22 heavy (non-hydrogen) atoms. The number of hydrogen-bond acceptors (Lipinski definition) is 2. The zero-order valence-corrected chi connectivity index (χ0v) is 12.5. The van der Waals surface area contributed by atoms with Crippen LogP contribution in [0.25, 0.3) is 23.2 Å². The minimum Gasteiger partial charge on any atom is -0.323 e. The average molecular weight is 287 g/mol. The number of fused-ring (bicyclic) bond motifs is 1. The molecule has 2 aromatic carbocycles. The fourth-order valence-electron chi connectivity index (χ4n) is 2.47. The van der Waals surface area contributed by atoms with Gasteiger partial charge < -0.3 is 4.57 Å². The van der Waals surface area contributed by atoms with Crippen LogP contribution in [0.15, 0.2) is 48.5 Å². The quantitative estimate of drug-likeness (QED) is 0.712. The molecule has 3 rings (SSSR count). The normalized spacial score (nSPS) is 11.1. The molecule has 1 aromatic heterocycles. The van der Waals surface area contributed by atoms with E-state index >= 15 is 0 Å². The number of aromatic nitrogens is 2. The Morgan fingerprint density at radius 1 is 1.09 bits per heavy atom. The molecule has 0 aliphatic carbocycles. The summed E-state index contributed by atoms with van der Waals surface area (Å²) in [7, 11) is 0. The van der Waals surface area contributed by atoms with Crippen molar-refractivity contribution >= 4 is 23.2 Å². The molecule has 3 aromatic rings. The van der Waals surface area contributed by atoms with Crippen LogP contribution in [-0.2, 0) is 6.54 Å². The third-order valence-electron chi connectivity index (χ3n) is 3.63. The number of hydrogen-bond donors (Lipinski definition) is 0. The number of aryl methyl sites for hydroxylation is 2. The number of para-hydroxylation sites is 2. The molecule has 3 heteroatoms. The molecule has 0 atom stereocenters. The monoisotopic (exact) mass is 287 g/mol. The summed E-state index contributed by atoms with van der Waals surface area (Å²) < 4.78 is 2.10. The van der Waals surface area contributed by atoms with Gasteiger partial charge in [-0.15, -0.1) is 0 Å². The van der Waals surface area contributed by atoms with Gasteiger partial charge in [-0.1, -0.05) is 48.0 Å². The molecule has 0 amide bonds. The van der Waals surface area contributed by atoms with Gasteiger partial charge in [-0.2, -0.15) is 5.26 Å². The first-order valence-electron chi connectivity index (χ1n) is 7.35. The van der Waals surface area contributed by atoms with Crippen molar-refractivity contribution in [2.45, 2.75) is 19.9 Å². The van der Waals surface area contributed by atoms with E-state index < -0.39 is 0 Å². The smallest absolute Gasteiger partial charge is 0.133 e. The van der Waals surface area contributed by atoms with Crippen LogP contribution >= 0.6 is 0 Å². The van der Waals surface area contributed by atoms with Crippen molar-refractivity contribution in [1.29, 1.82) is 5.26 Å². The highest BCUT2D eigenvalue weighted by molar-refractivity contribution is 5.79. The molecular formula is C19H17N3. The topological polar surface area (TPSA) is 41.6 Å². The zero-order valence-electron chi connectivity index (χ0n) is 12.5. The predicted octanol–water partition coefficient (Wildman–Crippen LogP) is 4.43. The third kappa shape index (κ3) is 2.91. The van der Waals surface area contributed by atoms with E-state index in [1.165, 1.54) is 5.56 Å². The SMILES string of the molecule is Cc1ccc(/C=C/c2nc3ccccc3n2CCC#N)cc1. The average Bonchev–Trinajstić information content (AvgIpc) is 2.90. The number of imidazole rings is 1. The van der Waals surface area contributed by atoms with Crippen LogP contribution in [0.4, 0.5) is 0 Å². The molecule has 0 fully saturated rings. The third-order valence-corrected chi connectivity index (χ3v) is 3.63. The molecule has 0 aliphatic heterocycles. The molecule has 0 aliphatic rings. The summed E-state index contributed by atoms with van der Waals surface area (Å²) in [6.45, 7) is 2.74. The van der Waals surface area contributed by atoms with Gasteiger partial charge in [0.15, 0.2) is 0 Å². The van der Waals surface area contributed by atoms with Gasteiger partial charge >= 0.3 is 0 Å². The van der Waals surface area contributed by atoms with Gasteiger partial charge in [0.2, 0.25) is 0 Å². The maximum Gasteiger partial charge on any atom is 0.133 e. The van der Waals surface area contributed by atoms with Crippen molar-refractivity contribution < 1.29 is 0 Å². The second-order valence-corrected chi connectivity index (χ2v) is 5.26. The van der Waals surface area contributed by atoms with Gasteiger partial charge in [0.05, 0.1) is 23.5 Å². The Kier molecular flexibility index (Phi) is 4.02. The summed E-state index contributed by atoms with van der Waals surface area (Å²) in [4.78, 5) is 4.66. The van der Waals surface area contributed by atoms with Crippen LogP contribution in [0, 0.1) is 18.3 Å². The van der Waals surface area contributed by atoms with E-state index in [-0.39, 0.29) is 0 Å². The van der Waals surface area contributed by atoms with Gasteiger partial charge in [0, 0.05) is 6.54 Å². The fraction of sp³-hybridized carbons (Fsp3) is 0.158. The largest absolute Gasteiger partial charge is 0.323 e. The summed E-state index contributed by atoms with van der Waals surface area (Å²) in [6.07, 6.45) is 4.55. The van der Waals surface area contributed by atoms with Crippen LogP contribution in [0.5, 0.6) is 0 Å². The molecule has 108 valence electrons. The number of rotatable bonds is 4. The molecular weight excluding hydrogens is 270 g/mol. The van der Waals surface area contributed by atoms with Crippen molar-refractivity contribution in [3.8, 4) is 6.07 Å². The lowest BCUT2D eigenvalue weighted by molar-refractivity contribution is 0.729. The summed E-state index contributed by atoms with van der Waals surface area (Å²) >= 11 is 0. The Hall–Kier alpha value is -2.86. The Morgan fingerprint density at radius 2 is 1.86 bits per heavy atom. The number of nitriles is 1. The summed E-state index contributed by atoms with van der Waals surface area (Å²) in [6, 6.07) is 18.6. The van der Waals surface area contributed by atoms with Gasteiger partial charge in [-0.3, -0.25) is 0 Å². The fourth-order valence-corrected chi connectivity index (χ4v) is 2.47. The highest BCUT2D eigenvalue weighted by Gasteiger charge is 2.07. The van der Waals surface area contributed by atoms with Crippen molar-refractivity contribution in [1.82, 2.24) is 9.55 Å². The van der Waals surface area contributed by atoms with Gasteiger partial charge in [-0.05, 0) is 30.7 Å². The minimum absolute atomic E-state index is 0.478.